The SMILES string of the molecule is CNc1ccccc1COc1ccc(CCC(CC=CC(O)c2ccc(O)cc2)S(=O)(=O)O)cc1. The number of hydrogen-bond donors (Lipinski definition) is 4. The second kappa shape index (κ2) is 12.4. The average molecular weight is 498 g/mol. The highest BCUT2D eigenvalue weighted by molar-refractivity contribution is 7.86. The molecule has 0 saturated carbocycles. The lowest BCUT2D eigenvalue weighted by molar-refractivity contribution is 0.228. The molecule has 2 atom stereocenters. The van der Waals surface area contributed by atoms with E-state index in [4.69, 9.17) is 4.74 Å². The van der Waals surface area contributed by atoms with Crippen LogP contribution >= 0.6 is 0 Å². The zero-order chi connectivity index (χ0) is 25.3. The Morgan fingerprint density at radius 3 is 2.34 bits per heavy atom. The van der Waals surface area contributed by atoms with Crippen molar-refractivity contribution in [3.8, 4) is 11.5 Å². The van der Waals surface area contributed by atoms with Crippen LogP contribution in [-0.4, -0.2) is 35.5 Å². The fraction of sp³-hybridized carbons (Fsp3) is 0.259. The van der Waals surface area contributed by atoms with Crippen LogP contribution in [0.2, 0.25) is 0 Å². The predicted molar refractivity (Wildman–Crippen MR) is 137 cm³/mol. The molecule has 0 bridgehead atoms. The molecule has 0 aromatic heterocycles. The zero-order valence-corrected chi connectivity index (χ0v) is 20.4. The van der Waals surface area contributed by atoms with E-state index in [1.54, 1.807) is 18.2 Å². The van der Waals surface area contributed by atoms with Crippen molar-refractivity contribution in [2.24, 2.45) is 0 Å². The maximum atomic E-state index is 11.9. The van der Waals surface area contributed by atoms with Crippen LogP contribution in [0.1, 0.15) is 35.6 Å². The van der Waals surface area contributed by atoms with E-state index in [0.29, 0.717) is 24.3 Å². The van der Waals surface area contributed by atoms with Gasteiger partial charge in [-0.15, -0.1) is 0 Å². The van der Waals surface area contributed by atoms with Crippen molar-refractivity contribution in [3.63, 3.8) is 0 Å². The molecule has 0 aliphatic heterocycles. The second-order valence-corrected chi connectivity index (χ2v) is 9.91. The molecule has 35 heavy (non-hydrogen) atoms. The fourth-order valence-electron chi connectivity index (χ4n) is 3.66. The van der Waals surface area contributed by atoms with Crippen LogP contribution in [0.4, 0.5) is 5.69 Å². The summed E-state index contributed by atoms with van der Waals surface area (Å²) in [5, 5.41) is 21.7. The van der Waals surface area contributed by atoms with Crippen molar-refractivity contribution in [3.05, 3.63) is 102 Å². The number of allylic oxidation sites excluding steroid dienone is 1. The second-order valence-electron chi connectivity index (χ2n) is 8.22. The van der Waals surface area contributed by atoms with Gasteiger partial charge >= 0.3 is 0 Å². The lowest BCUT2D eigenvalue weighted by Gasteiger charge is -2.13. The van der Waals surface area contributed by atoms with Gasteiger partial charge in [-0.25, -0.2) is 0 Å². The highest BCUT2D eigenvalue weighted by atomic mass is 32.2. The molecule has 0 aliphatic rings. The van der Waals surface area contributed by atoms with Crippen molar-refractivity contribution in [2.75, 3.05) is 12.4 Å². The molecule has 3 rings (SSSR count). The van der Waals surface area contributed by atoms with Crippen molar-refractivity contribution < 1.29 is 27.9 Å². The molecular weight excluding hydrogens is 466 g/mol. The molecule has 0 aliphatic carbocycles. The fourth-order valence-corrected chi connectivity index (χ4v) is 4.43. The molecule has 186 valence electrons. The van der Waals surface area contributed by atoms with Gasteiger partial charge < -0.3 is 20.3 Å². The Hall–Kier alpha value is -3.33. The Kier molecular flexibility index (Phi) is 9.31. The number of aryl methyl sites for hydroxylation is 1. The maximum Gasteiger partial charge on any atom is 0.268 e. The van der Waals surface area contributed by atoms with E-state index in [-0.39, 0.29) is 18.6 Å². The Labute approximate surface area is 206 Å². The Balaban J connectivity index is 1.53. The predicted octanol–water partition coefficient (Wildman–Crippen LogP) is 4.88. The summed E-state index contributed by atoms with van der Waals surface area (Å²) in [6.45, 7) is 0.420. The highest BCUT2D eigenvalue weighted by Crippen LogP contribution is 2.22. The highest BCUT2D eigenvalue weighted by Gasteiger charge is 2.21. The van der Waals surface area contributed by atoms with Gasteiger partial charge in [0.2, 0.25) is 0 Å². The van der Waals surface area contributed by atoms with Gasteiger partial charge in [-0.3, -0.25) is 4.55 Å². The number of phenols is 1. The topological polar surface area (TPSA) is 116 Å². The van der Waals surface area contributed by atoms with E-state index in [0.717, 1.165) is 16.8 Å². The van der Waals surface area contributed by atoms with Crippen LogP contribution in [0.25, 0.3) is 0 Å². The largest absolute Gasteiger partial charge is 0.508 e. The first-order valence-electron chi connectivity index (χ1n) is 11.3. The number of benzene rings is 3. The molecule has 0 saturated heterocycles. The van der Waals surface area contributed by atoms with Gasteiger partial charge in [-0.2, -0.15) is 8.42 Å². The number of aliphatic hydroxyl groups excluding tert-OH is 1. The van der Waals surface area contributed by atoms with Crippen LogP contribution in [0.15, 0.2) is 84.9 Å². The first-order chi connectivity index (χ1) is 16.8. The number of hydrogen-bond acceptors (Lipinski definition) is 6. The van der Waals surface area contributed by atoms with Crippen molar-refractivity contribution in [2.45, 2.75) is 37.2 Å². The summed E-state index contributed by atoms with van der Waals surface area (Å²) in [7, 11) is -2.39. The third-order valence-corrected chi connectivity index (χ3v) is 7.00. The van der Waals surface area contributed by atoms with Crippen LogP contribution in [0, 0.1) is 0 Å². The molecule has 0 heterocycles. The quantitative estimate of drug-likeness (QED) is 0.208. The van der Waals surface area contributed by atoms with Crippen LogP contribution < -0.4 is 10.1 Å². The molecule has 0 amide bonds. The van der Waals surface area contributed by atoms with Gasteiger partial charge in [-0.05, 0) is 60.7 Å². The lowest BCUT2D eigenvalue weighted by Crippen LogP contribution is -2.20. The normalized spacial score (nSPS) is 13.5. The summed E-state index contributed by atoms with van der Waals surface area (Å²) in [5.74, 6) is 0.798. The number of ether oxygens (including phenoxy) is 1. The zero-order valence-electron chi connectivity index (χ0n) is 19.5. The molecule has 8 heteroatoms. The summed E-state index contributed by atoms with van der Waals surface area (Å²) >= 11 is 0. The summed E-state index contributed by atoms with van der Waals surface area (Å²) in [4.78, 5) is 0. The van der Waals surface area contributed by atoms with E-state index < -0.39 is 21.5 Å². The lowest BCUT2D eigenvalue weighted by atomic mass is 10.1. The third-order valence-electron chi connectivity index (χ3n) is 5.73. The van der Waals surface area contributed by atoms with Gasteiger partial charge in [0.25, 0.3) is 10.1 Å². The first-order valence-corrected chi connectivity index (χ1v) is 12.8. The number of rotatable bonds is 12. The van der Waals surface area contributed by atoms with Gasteiger partial charge in [0.05, 0.1) is 11.4 Å². The molecule has 0 radical (unpaired) electrons. The molecule has 3 aromatic rings. The van der Waals surface area contributed by atoms with E-state index in [9.17, 15) is 23.2 Å². The van der Waals surface area contributed by atoms with E-state index in [1.165, 1.54) is 18.2 Å². The summed E-state index contributed by atoms with van der Waals surface area (Å²) < 4.78 is 39.3. The van der Waals surface area contributed by atoms with Crippen LogP contribution in [-0.2, 0) is 23.1 Å². The Morgan fingerprint density at radius 1 is 1.00 bits per heavy atom. The number of nitrogens with one attached hydrogen (secondary N) is 1. The number of para-hydroxylation sites is 1. The van der Waals surface area contributed by atoms with Gasteiger partial charge in [-0.1, -0.05) is 54.6 Å². The first kappa shape index (κ1) is 26.3. The summed E-state index contributed by atoms with van der Waals surface area (Å²) in [6, 6.07) is 21.4. The minimum Gasteiger partial charge on any atom is -0.508 e. The monoisotopic (exact) mass is 497 g/mol. The minimum absolute atomic E-state index is 0.0695. The molecule has 4 N–H and O–H groups in total. The van der Waals surface area contributed by atoms with E-state index in [1.807, 2.05) is 55.6 Å². The van der Waals surface area contributed by atoms with E-state index in [2.05, 4.69) is 5.32 Å². The summed E-state index contributed by atoms with van der Waals surface area (Å²) in [5.41, 5.74) is 3.54. The summed E-state index contributed by atoms with van der Waals surface area (Å²) in [6.07, 6.45) is 2.85. The van der Waals surface area contributed by atoms with Crippen molar-refractivity contribution >= 4 is 15.8 Å². The number of aromatic hydroxyl groups is 1. The van der Waals surface area contributed by atoms with Crippen molar-refractivity contribution in [1.29, 1.82) is 0 Å². The van der Waals surface area contributed by atoms with Crippen LogP contribution in [0.5, 0.6) is 11.5 Å². The molecule has 3 aromatic carbocycles. The molecular formula is C27H31NO6S. The third kappa shape index (κ3) is 8.13. The minimum atomic E-state index is -4.25. The molecule has 2 unspecified atom stereocenters. The standard InChI is InChI=1S/C27H31NO6S/c1-28-26-7-3-2-5-22(26)19-34-24-16-9-20(10-17-24)11-18-25(35(31,32)33)6-4-8-27(30)21-12-14-23(29)15-13-21/h2-5,7-10,12-17,25,27-30H,6,11,18-19H2,1H3,(H,31,32,33). The molecule has 0 fully saturated rings. The van der Waals surface area contributed by atoms with Gasteiger partial charge in [0, 0.05) is 18.3 Å². The Morgan fingerprint density at radius 2 is 1.69 bits per heavy atom. The maximum absolute atomic E-state index is 11.9. The molecule has 7 nitrogen and oxygen atoms in total. The number of phenolic OH excluding ortho intramolecular Hbond substituents is 1. The number of anilines is 1. The average Bonchev–Trinajstić information content (AvgIpc) is 2.85. The van der Waals surface area contributed by atoms with Gasteiger partial charge in [0.1, 0.15) is 18.1 Å². The van der Waals surface area contributed by atoms with Crippen molar-refractivity contribution in [1.82, 2.24) is 0 Å². The molecule has 0 spiro atoms. The smallest absolute Gasteiger partial charge is 0.268 e. The number of aliphatic hydroxyl groups is 1. The van der Waals surface area contributed by atoms with E-state index >= 15 is 0 Å². The van der Waals surface area contributed by atoms with Gasteiger partial charge in [0.15, 0.2) is 0 Å². The van der Waals surface area contributed by atoms with Crippen LogP contribution in [0.3, 0.4) is 0 Å². The Bertz CT molecular complexity index is 1210.